The third kappa shape index (κ3) is 2.28. The summed E-state index contributed by atoms with van der Waals surface area (Å²) >= 11 is 3.49. The monoisotopic (exact) mass is 261 g/mol. The van der Waals surface area contributed by atoms with Gasteiger partial charge < -0.3 is 10.1 Å². The molecule has 3 nitrogen and oxygen atoms in total. The van der Waals surface area contributed by atoms with Gasteiger partial charge in [-0.1, -0.05) is 15.9 Å². The number of alkyl halides is 1. The molecule has 2 rings (SSSR count). The zero-order valence-corrected chi connectivity index (χ0v) is 9.81. The van der Waals surface area contributed by atoms with Crippen LogP contribution in [-0.2, 0) is 9.53 Å². The molecule has 1 saturated heterocycles. The lowest BCUT2D eigenvalue weighted by atomic mass is 10.1. The highest BCUT2D eigenvalue weighted by Gasteiger charge is 2.41. The largest absolute Gasteiger partial charge is 0.381 e. The summed E-state index contributed by atoms with van der Waals surface area (Å²) in [5.74, 6) is 0.274. The number of ether oxygens (including phenoxy) is 1. The fourth-order valence-electron chi connectivity index (χ4n) is 1.69. The minimum atomic E-state index is 0.0983. The molecular formula is C10H16BrNO2. The number of hydrogen-bond acceptors (Lipinski definition) is 2. The van der Waals surface area contributed by atoms with E-state index in [9.17, 15) is 4.79 Å². The van der Waals surface area contributed by atoms with Gasteiger partial charge in [0.05, 0.1) is 12.5 Å². The third-order valence-electron chi connectivity index (χ3n) is 3.18. The molecule has 1 amide bonds. The van der Waals surface area contributed by atoms with Crippen molar-refractivity contribution in [1.82, 2.24) is 5.32 Å². The van der Waals surface area contributed by atoms with E-state index in [4.69, 9.17) is 4.74 Å². The van der Waals surface area contributed by atoms with Gasteiger partial charge in [-0.3, -0.25) is 4.79 Å². The van der Waals surface area contributed by atoms with Crippen LogP contribution in [0.3, 0.4) is 0 Å². The molecule has 80 valence electrons. The van der Waals surface area contributed by atoms with Gasteiger partial charge in [0.1, 0.15) is 0 Å². The summed E-state index contributed by atoms with van der Waals surface area (Å²) in [5, 5.41) is 4.03. The lowest BCUT2D eigenvalue weighted by molar-refractivity contribution is -0.125. The fraction of sp³-hybridized carbons (Fsp3) is 0.900. The van der Waals surface area contributed by atoms with E-state index in [1.165, 1.54) is 12.8 Å². The van der Waals surface area contributed by atoms with Crippen molar-refractivity contribution in [3.05, 3.63) is 0 Å². The first-order valence-corrected chi connectivity index (χ1v) is 6.29. The third-order valence-corrected chi connectivity index (χ3v) is 4.37. The van der Waals surface area contributed by atoms with Crippen LogP contribution < -0.4 is 5.32 Å². The van der Waals surface area contributed by atoms with Gasteiger partial charge in [-0.15, -0.1) is 0 Å². The number of carbonyl (C=O) groups excluding carboxylic acids is 1. The highest BCUT2D eigenvalue weighted by Crippen LogP contribution is 2.46. The van der Waals surface area contributed by atoms with Crippen LogP contribution in [0.2, 0.25) is 0 Å². The van der Waals surface area contributed by atoms with Crippen LogP contribution in [0.25, 0.3) is 0 Å². The molecule has 2 fully saturated rings. The van der Waals surface area contributed by atoms with Crippen molar-refractivity contribution < 1.29 is 9.53 Å². The molecule has 0 bridgehead atoms. The van der Waals surface area contributed by atoms with Gasteiger partial charge in [-0.25, -0.2) is 0 Å². The number of carbonyl (C=O) groups is 1. The van der Waals surface area contributed by atoms with Crippen LogP contribution >= 0.6 is 15.9 Å². The quantitative estimate of drug-likeness (QED) is 0.776. The zero-order valence-electron chi connectivity index (χ0n) is 8.22. The first-order valence-electron chi connectivity index (χ1n) is 5.17. The standard InChI is InChI=1S/C10H16BrNO2/c11-6-10(2-3-10)7-12-9(13)8-1-4-14-5-8/h8H,1-7H2,(H,12,13). The first-order chi connectivity index (χ1) is 6.76. The van der Waals surface area contributed by atoms with E-state index in [0.717, 1.165) is 24.9 Å². The number of nitrogens with one attached hydrogen (secondary N) is 1. The van der Waals surface area contributed by atoms with Crippen LogP contribution in [0.5, 0.6) is 0 Å². The summed E-state index contributed by atoms with van der Waals surface area (Å²) in [6, 6.07) is 0. The van der Waals surface area contributed by atoms with Crippen molar-refractivity contribution in [2.45, 2.75) is 19.3 Å². The van der Waals surface area contributed by atoms with Gasteiger partial charge in [-0.05, 0) is 24.7 Å². The molecule has 0 spiro atoms. The molecule has 1 unspecified atom stereocenters. The SMILES string of the molecule is O=C(NCC1(CBr)CC1)C1CCOC1. The molecule has 1 saturated carbocycles. The van der Waals surface area contributed by atoms with Crippen LogP contribution in [0.1, 0.15) is 19.3 Å². The van der Waals surface area contributed by atoms with E-state index in [1.54, 1.807) is 0 Å². The number of halogens is 1. The lowest BCUT2D eigenvalue weighted by Gasteiger charge is -2.14. The maximum atomic E-state index is 11.6. The zero-order chi connectivity index (χ0) is 10.0. The molecule has 0 aromatic carbocycles. The molecule has 4 heteroatoms. The number of hydrogen-bond donors (Lipinski definition) is 1. The Morgan fingerprint density at radius 1 is 1.57 bits per heavy atom. The van der Waals surface area contributed by atoms with E-state index < -0.39 is 0 Å². The molecule has 1 heterocycles. The Hall–Kier alpha value is -0.0900. The van der Waals surface area contributed by atoms with E-state index in [-0.39, 0.29) is 11.8 Å². The second-order valence-electron chi connectivity index (χ2n) is 4.41. The van der Waals surface area contributed by atoms with Crippen molar-refractivity contribution in [3.8, 4) is 0 Å². The highest BCUT2D eigenvalue weighted by molar-refractivity contribution is 9.09. The molecule has 1 atom stereocenters. The Morgan fingerprint density at radius 2 is 2.36 bits per heavy atom. The normalized spacial score (nSPS) is 28.8. The predicted octanol–water partition coefficient (Wildman–Crippen LogP) is 1.31. The van der Waals surface area contributed by atoms with E-state index in [0.29, 0.717) is 12.0 Å². The second kappa shape index (κ2) is 4.19. The maximum Gasteiger partial charge on any atom is 0.225 e. The van der Waals surface area contributed by atoms with Crippen LogP contribution in [-0.4, -0.2) is 31.0 Å². The Kier molecular flexibility index (Phi) is 3.12. The lowest BCUT2D eigenvalue weighted by Crippen LogP contribution is -2.35. The van der Waals surface area contributed by atoms with Crippen molar-refractivity contribution in [2.75, 3.05) is 25.1 Å². The average molecular weight is 262 g/mol. The van der Waals surface area contributed by atoms with Crippen LogP contribution in [0.15, 0.2) is 0 Å². The minimum absolute atomic E-state index is 0.0983. The van der Waals surface area contributed by atoms with Crippen molar-refractivity contribution in [3.63, 3.8) is 0 Å². The van der Waals surface area contributed by atoms with Gasteiger partial charge in [0, 0.05) is 18.5 Å². The number of rotatable bonds is 4. The fourth-order valence-corrected chi connectivity index (χ4v) is 2.45. The topological polar surface area (TPSA) is 38.3 Å². The van der Waals surface area contributed by atoms with Crippen LogP contribution in [0, 0.1) is 11.3 Å². The Bertz CT molecular complexity index is 222. The summed E-state index contributed by atoms with van der Waals surface area (Å²) < 4.78 is 5.18. The smallest absolute Gasteiger partial charge is 0.225 e. The summed E-state index contributed by atoms with van der Waals surface area (Å²) in [4.78, 5) is 11.6. The molecule has 1 aliphatic heterocycles. The summed E-state index contributed by atoms with van der Waals surface area (Å²) in [6.07, 6.45) is 3.35. The molecule has 1 N–H and O–H groups in total. The number of amides is 1. The van der Waals surface area contributed by atoms with E-state index in [2.05, 4.69) is 21.2 Å². The molecule has 0 aromatic heterocycles. The molecule has 1 aliphatic carbocycles. The van der Waals surface area contributed by atoms with Gasteiger partial charge in [0.15, 0.2) is 0 Å². The second-order valence-corrected chi connectivity index (χ2v) is 4.97. The Labute approximate surface area is 92.7 Å². The molecule has 0 radical (unpaired) electrons. The molecular weight excluding hydrogens is 246 g/mol. The molecule has 2 aliphatic rings. The van der Waals surface area contributed by atoms with Gasteiger partial charge >= 0.3 is 0 Å². The Morgan fingerprint density at radius 3 is 2.86 bits per heavy atom. The minimum Gasteiger partial charge on any atom is -0.381 e. The van der Waals surface area contributed by atoms with Gasteiger partial charge in [0.25, 0.3) is 0 Å². The van der Waals surface area contributed by atoms with Crippen molar-refractivity contribution in [2.24, 2.45) is 11.3 Å². The highest BCUT2D eigenvalue weighted by atomic mass is 79.9. The Balaban J connectivity index is 1.72. The van der Waals surface area contributed by atoms with Crippen molar-refractivity contribution in [1.29, 1.82) is 0 Å². The van der Waals surface area contributed by atoms with Crippen molar-refractivity contribution >= 4 is 21.8 Å². The van der Waals surface area contributed by atoms with Crippen LogP contribution in [0.4, 0.5) is 0 Å². The van der Waals surface area contributed by atoms with Gasteiger partial charge in [0.2, 0.25) is 5.91 Å². The van der Waals surface area contributed by atoms with Gasteiger partial charge in [-0.2, -0.15) is 0 Å². The molecule has 0 aromatic rings. The summed E-state index contributed by atoms with van der Waals surface area (Å²) in [5.41, 5.74) is 0.370. The average Bonchev–Trinajstić information content (AvgIpc) is 2.78. The summed E-state index contributed by atoms with van der Waals surface area (Å²) in [7, 11) is 0. The maximum absolute atomic E-state index is 11.6. The van der Waals surface area contributed by atoms with E-state index >= 15 is 0 Å². The summed E-state index contributed by atoms with van der Waals surface area (Å²) in [6.45, 7) is 2.17. The first kappa shape index (κ1) is 10.4. The molecule has 14 heavy (non-hydrogen) atoms. The van der Waals surface area contributed by atoms with E-state index in [1.807, 2.05) is 0 Å². The predicted molar refractivity (Wildman–Crippen MR) is 57.4 cm³/mol.